The van der Waals surface area contributed by atoms with Crippen LogP contribution in [-0.4, -0.2) is 22.2 Å². The molecule has 0 fully saturated rings. The van der Waals surface area contributed by atoms with Crippen LogP contribution in [0.3, 0.4) is 0 Å². The van der Waals surface area contributed by atoms with Crippen molar-refractivity contribution < 1.29 is 4.79 Å². The van der Waals surface area contributed by atoms with Gasteiger partial charge in [0.25, 0.3) is 5.91 Å². The van der Waals surface area contributed by atoms with E-state index in [4.69, 9.17) is 17.3 Å². The van der Waals surface area contributed by atoms with Crippen LogP contribution in [-0.2, 0) is 7.05 Å². The minimum absolute atomic E-state index is 0.252. The Morgan fingerprint density at radius 1 is 1.48 bits per heavy atom. The van der Waals surface area contributed by atoms with Gasteiger partial charge in [-0.05, 0) is 25.1 Å². The maximum atomic E-state index is 12.2. The smallest absolute Gasteiger partial charge is 0.256 e. The molecule has 0 spiro atoms. The van der Waals surface area contributed by atoms with Crippen LogP contribution in [0.5, 0.6) is 0 Å². The summed E-state index contributed by atoms with van der Waals surface area (Å²) in [6.07, 6.45) is 0. The van der Waals surface area contributed by atoms with Gasteiger partial charge in [-0.15, -0.1) is 0 Å². The summed E-state index contributed by atoms with van der Waals surface area (Å²) >= 11 is 6.11. The van der Waals surface area contributed by atoms with Crippen LogP contribution in [0.25, 0.3) is 0 Å². The summed E-state index contributed by atoms with van der Waals surface area (Å²) in [4.78, 5) is 12.2. The first-order valence-corrected chi connectivity index (χ1v) is 6.69. The predicted molar refractivity (Wildman–Crippen MR) is 83.3 cm³/mol. The molecule has 1 heterocycles. The summed E-state index contributed by atoms with van der Waals surface area (Å²) in [7, 11) is 1.76. The molecule has 0 radical (unpaired) electrons. The van der Waals surface area contributed by atoms with Crippen molar-refractivity contribution in [2.75, 3.05) is 11.9 Å². The predicted octanol–water partition coefficient (Wildman–Crippen LogP) is 1.94. The number of nitrogens with one attached hydrogen (secondary N) is 1. The molecule has 0 unspecified atom stereocenters. The van der Waals surface area contributed by atoms with Crippen molar-refractivity contribution in [2.24, 2.45) is 12.8 Å². The highest BCUT2D eigenvalue weighted by atomic mass is 35.5. The number of halogens is 1. The van der Waals surface area contributed by atoms with Crippen LogP contribution < -0.4 is 11.1 Å². The molecule has 0 saturated carbocycles. The second-order valence-corrected chi connectivity index (χ2v) is 4.86. The Morgan fingerprint density at radius 2 is 2.24 bits per heavy atom. The molecule has 1 aromatic heterocycles. The van der Waals surface area contributed by atoms with Crippen LogP contribution in [0.1, 0.15) is 21.6 Å². The van der Waals surface area contributed by atoms with Crippen molar-refractivity contribution in [3.63, 3.8) is 0 Å². The lowest BCUT2D eigenvalue weighted by atomic mass is 10.1. The third-order valence-corrected chi connectivity index (χ3v) is 3.11. The standard InChI is InChI=1S/C15H15ClN4O/c1-10-8-14(20(2)19-10)18-15(21)12-6-5-11(4-3-7-17)13(16)9-12/h5-6,8-9H,7,17H2,1-2H3,(H,18,21). The van der Waals surface area contributed by atoms with Gasteiger partial charge in [-0.3, -0.25) is 9.48 Å². The van der Waals surface area contributed by atoms with Crippen LogP contribution in [0.15, 0.2) is 24.3 Å². The van der Waals surface area contributed by atoms with Crippen molar-refractivity contribution in [3.05, 3.63) is 46.1 Å². The Kier molecular flexibility index (Phi) is 4.63. The third-order valence-electron chi connectivity index (χ3n) is 2.80. The molecule has 108 valence electrons. The fourth-order valence-electron chi connectivity index (χ4n) is 1.82. The lowest BCUT2D eigenvalue weighted by molar-refractivity contribution is 0.102. The lowest BCUT2D eigenvalue weighted by Gasteiger charge is -2.06. The quantitative estimate of drug-likeness (QED) is 0.833. The van der Waals surface area contributed by atoms with Crippen molar-refractivity contribution in [3.8, 4) is 11.8 Å². The number of nitrogens with two attached hydrogens (primary N) is 1. The number of aryl methyl sites for hydroxylation is 2. The van der Waals surface area contributed by atoms with E-state index in [1.54, 1.807) is 36.0 Å². The van der Waals surface area contributed by atoms with Gasteiger partial charge in [0.2, 0.25) is 0 Å². The molecule has 0 aliphatic rings. The van der Waals surface area contributed by atoms with Crippen LogP contribution in [0.4, 0.5) is 5.82 Å². The van der Waals surface area contributed by atoms with Crippen molar-refractivity contribution in [1.82, 2.24) is 9.78 Å². The van der Waals surface area contributed by atoms with E-state index in [2.05, 4.69) is 22.3 Å². The van der Waals surface area contributed by atoms with Crippen LogP contribution >= 0.6 is 11.6 Å². The minimum atomic E-state index is -0.252. The molecular formula is C15H15ClN4O. The fourth-order valence-corrected chi connectivity index (χ4v) is 2.05. The molecule has 3 N–H and O–H groups in total. The van der Waals surface area contributed by atoms with Gasteiger partial charge < -0.3 is 11.1 Å². The second kappa shape index (κ2) is 6.44. The Hall–Kier alpha value is -2.29. The van der Waals surface area contributed by atoms with E-state index < -0.39 is 0 Å². The molecule has 0 aliphatic heterocycles. The van der Waals surface area contributed by atoms with E-state index >= 15 is 0 Å². The summed E-state index contributed by atoms with van der Waals surface area (Å²) in [5.74, 6) is 5.95. The monoisotopic (exact) mass is 302 g/mol. The molecule has 6 heteroatoms. The molecule has 2 rings (SSSR count). The van der Waals surface area contributed by atoms with Gasteiger partial charge in [-0.25, -0.2) is 0 Å². The van der Waals surface area contributed by atoms with Crippen molar-refractivity contribution >= 4 is 23.3 Å². The number of hydrogen-bond acceptors (Lipinski definition) is 3. The van der Waals surface area contributed by atoms with Crippen molar-refractivity contribution in [2.45, 2.75) is 6.92 Å². The zero-order valence-corrected chi connectivity index (χ0v) is 12.5. The third kappa shape index (κ3) is 3.63. The molecule has 5 nitrogen and oxygen atoms in total. The Labute approximate surface area is 128 Å². The van der Waals surface area contributed by atoms with E-state index in [0.717, 1.165) is 5.69 Å². The van der Waals surface area contributed by atoms with Crippen molar-refractivity contribution in [1.29, 1.82) is 0 Å². The highest BCUT2D eigenvalue weighted by molar-refractivity contribution is 6.32. The zero-order valence-electron chi connectivity index (χ0n) is 11.8. The number of hydrogen-bond donors (Lipinski definition) is 2. The molecule has 21 heavy (non-hydrogen) atoms. The van der Waals surface area contributed by atoms with Gasteiger partial charge in [-0.2, -0.15) is 5.10 Å². The van der Waals surface area contributed by atoms with Gasteiger partial charge in [0.15, 0.2) is 0 Å². The number of carbonyl (C=O) groups is 1. The first kappa shape index (κ1) is 15.1. The number of carbonyl (C=O) groups excluding carboxylic acids is 1. The normalized spacial score (nSPS) is 9.90. The molecule has 0 saturated heterocycles. The van der Waals surface area contributed by atoms with Gasteiger partial charge in [0.1, 0.15) is 5.82 Å². The number of anilines is 1. The fraction of sp³-hybridized carbons (Fsp3) is 0.200. The van der Waals surface area contributed by atoms with Gasteiger partial charge in [0.05, 0.1) is 17.3 Å². The summed E-state index contributed by atoms with van der Waals surface area (Å²) in [6, 6.07) is 6.75. The Bertz CT molecular complexity index is 740. The van der Waals surface area contributed by atoms with E-state index in [9.17, 15) is 4.79 Å². The highest BCUT2D eigenvalue weighted by Crippen LogP contribution is 2.18. The maximum Gasteiger partial charge on any atom is 0.256 e. The zero-order chi connectivity index (χ0) is 15.4. The summed E-state index contributed by atoms with van der Waals surface area (Å²) in [6.45, 7) is 2.12. The summed E-state index contributed by atoms with van der Waals surface area (Å²) in [5.41, 5.74) is 7.25. The number of nitrogens with zero attached hydrogens (tertiary/aromatic N) is 2. The summed E-state index contributed by atoms with van der Waals surface area (Å²) in [5, 5.41) is 7.37. The summed E-state index contributed by atoms with van der Waals surface area (Å²) < 4.78 is 1.61. The van der Waals surface area contributed by atoms with E-state index in [1.165, 1.54) is 0 Å². The largest absolute Gasteiger partial charge is 0.320 e. The topological polar surface area (TPSA) is 72.9 Å². The minimum Gasteiger partial charge on any atom is -0.320 e. The molecule has 0 aliphatic carbocycles. The van der Waals surface area contributed by atoms with Crippen LogP contribution in [0, 0.1) is 18.8 Å². The average Bonchev–Trinajstić information content (AvgIpc) is 2.75. The number of aromatic nitrogens is 2. The van der Waals surface area contributed by atoms with E-state index in [-0.39, 0.29) is 12.5 Å². The average molecular weight is 303 g/mol. The molecule has 1 aromatic carbocycles. The highest BCUT2D eigenvalue weighted by Gasteiger charge is 2.11. The van der Waals surface area contributed by atoms with Gasteiger partial charge in [0, 0.05) is 24.2 Å². The maximum absolute atomic E-state index is 12.2. The lowest BCUT2D eigenvalue weighted by Crippen LogP contribution is -2.14. The number of benzene rings is 1. The molecule has 0 atom stereocenters. The van der Waals surface area contributed by atoms with Crippen LogP contribution in [0.2, 0.25) is 5.02 Å². The Morgan fingerprint density at radius 3 is 2.81 bits per heavy atom. The van der Waals surface area contributed by atoms with E-state index in [1.807, 2.05) is 6.92 Å². The molecule has 1 amide bonds. The molecule has 2 aromatic rings. The number of rotatable bonds is 2. The second-order valence-electron chi connectivity index (χ2n) is 4.45. The van der Waals surface area contributed by atoms with E-state index in [0.29, 0.717) is 22.0 Å². The van der Waals surface area contributed by atoms with Gasteiger partial charge >= 0.3 is 0 Å². The SMILES string of the molecule is Cc1cc(NC(=O)c2ccc(C#CCN)c(Cl)c2)n(C)n1. The first-order chi connectivity index (χ1) is 10.0. The van der Waals surface area contributed by atoms with Gasteiger partial charge in [-0.1, -0.05) is 23.4 Å². The Balaban J connectivity index is 2.20. The first-order valence-electron chi connectivity index (χ1n) is 6.31. The number of amides is 1. The molecular weight excluding hydrogens is 288 g/mol. The molecule has 0 bridgehead atoms.